The Morgan fingerprint density at radius 1 is 0.340 bits per heavy atom. The molecule has 4 saturated heterocycles. The molecule has 8 aliphatic rings. The van der Waals surface area contributed by atoms with Gasteiger partial charge in [-0.15, -0.1) is 0 Å². The van der Waals surface area contributed by atoms with Gasteiger partial charge in [-0.2, -0.15) is 0 Å². The molecule has 5 aromatic heterocycles. The van der Waals surface area contributed by atoms with Crippen LogP contribution in [0.4, 0.5) is 5.69 Å². The lowest BCUT2D eigenvalue weighted by Gasteiger charge is -2.29. The quantitative estimate of drug-likeness (QED) is 0.0356. The minimum absolute atomic E-state index is 0.506. The number of halogens is 8. The first kappa shape index (κ1) is 98.7. The summed E-state index contributed by atoms with van der Waals surface area (Å²) in [6, 6.07) is 78.1. The van der Waals surface area contributed by atoms with Crippen LogP contribution >= 0.6 is 92.8 Å². The maximum atomic E-state index is 11.2. The lowest BCUT2D eigenvalue weighted by molar-refractivity contribution is 0.112. The van der Waals surface area contributed by atoms with E-state index in [0.717, 1.165) is 258 Å². The molecule has 16 aromatic rings. The van der Waals surface area contributed by atoms with Gasteiger partial charge in [0.15, 0.2) is 5.69 Å². The monoisotopic (exact) mass is 2060 g/mol. The average molecular weight is 2060 g/mol. The number of hydrogen-bond donors (Lipinski definition) is 4. The van der Waals surface area contributed by atoms with Crippen LogP contribution in [-0.4, -0.2) is 168 Å². The Hall–Kier alpha value is -11.3. The van der Waals surface area contributed by atoms with Crippen LogP contribution in [0.5, 0.6) is 0 Å². The summed E-state index contributed by atoms with van der Waals surface area (Å²) in [6.07, 6.45) is 24.1. The van der Waals surface area contributed by atoms with Crippen molar-refractivity contribution in [2.24, 2.45) is 23.7 Å². The summed E-state index contributed by atoms with van der Waals surface area (Å²) < 4.78 is 0. The lowest BCUT2D eigenvalue weighted by Crippen LogP contribution is -2.32. The minimum Gasteiger partial charge on any atom is -0.338 e. The van der Waals surface area contributed by atoms with Crippen molar-refractivity contribution < 1.29 is 4.79 Å². The number of nitrogens with zero attached hydrogens (tertiary/aromatic N) is 11. The van der Waals surface area contributed by atoms with E-state index in [-0.39, 0.29) is 0 Å². The van der Waals surface area contributed by atoms with Crippen LogP contribution in [0.3, 0.4) is 0 Å². The van der Waals surface area contributed by atoms with E-state index in [2.05, 4.69) is 196 Å². The molecule has 0 radical (unpaired) electrons. The van der Waals surface area contributed by atoms with Crippen molar-refractivity contribution in [2.75, 3.05) is 92.6 Å². The first-order chi connectivity index (χ1) is 70.2. The number of likely N-dealkylation sites (tertiary alicyclic amines) is 4. The summed E-state index contributed by atoms with van der Waals surface area (Å²) in [6.45, 7) is 21.9. The third-order valence-electron chi connectivity index (χ3n) is 29.3. The highest BCUT2D eigenvalue weighted by Gasteiger charge is 2.34. The molecule has 0 amide bonds. The Kier molecular flexibility index (Phi) is 30.5. The predicted octanol–water partition coefficient (Wildman–Crippen LogP) is 31.2. The second-order valence-corrected chi connectivity index (χ2v) is 43.5. The van der Waals surface area contributed by atoms with Gasteiger partial charge in [0, 0.05) is 125 Å². The largest absolute Gasteiger partial charge is 0.338 e. The topological polar surface area (TPSA) is 165 Å². The van der Waals surface area contributed by atoms with Crippen molar-refractivity contribution in [3.8, 4) is 44.5 Å². The molecule has 4 aliphatic heterocycles. The minimum atomic E-state index is 0.506. The zero-order valence-electron chi connectivity index (χ0n) is 80.8. The number of nitrogens with one attached hydrogen (secondary N) is 4. The summed E-state index contributed by atoms with van der Waals surface area (Å²) in [7, 11) is 4.21. The van der Waals surface area contributed by atoms with Gasteiger partial charge in [-0.1, -0.05) is 279 Å². The van der Waals surface area contributed by atoms with Crippen LogP contribution in [-0.2, 0) is 6.54 Å². The van der Waals surface area contributed by atoms with Crippen LogP contribution in [0.2, 0.25) is 40.2 Å². The van der Waals surface area contributed by atoms with Crippen LogP contribution in [0.15, 0.2) is 265 Å². The van der Waals surface area contributed by atoms with E-state index in [1.807, 2.05) is 109 Å². The van der Waals surface area contributed by atoms with Crippen molar-refractivity contribution in [3.05, 3.63) is 373 Å². The number of rotatable bonds is 23. The first-order valence-electron chi connectivity index (χ1n) is 50.5. The van der Waals surface area contributed by atoms with E-state index in [4.69, 9.17) is 119 Å². The highest BCUT2D eigenvalue weighted by molar-refractivity contribution is 6.44. The van der Waals surface area contributed by atoms with E-state index in [1.165, 1.54) is 144 Å². The summed E-state index contributed by atoms with van der Waals surface area (Å²) in [4.78, 5) is 65.6. The van der Waals surface area contributed by atoms with Gasteiger partial charge in [-0.3, -0.25) is 9.78 Å². The Labute approximate surface area is 881 Å². The van der Waals surface area contributed by atoms with E-state index in [1.54, 1.807) is 6.20 Å². The van der Waals surface area contributed by atoms with Crippen molar-refractivity contribution in [1.82, 2.24) is 69.4 Å². The SMILES string of the molecule is CN(C)Cc1cccc(-c2ccc(C(=C3CCN(CC4CC4)CC3)c3nc4cc(Cl)c(Cl)cc4[nH]3)cc2)c1.Clc1cc2nc(C(=C3CCN(CC4CC4)CC3)c3ccc(-c4cccnc4)cc3)[nH]c2cc1Cl.O=Cc1cccc(-c2ccc(C(=C3CCN(CC4CC4)CC3)c3nc4cc(Cl)c(Cl)cc4[nH]3)cc2)c1.[C-]#[N+]c1ccc(-c2ccc(C(=C3CCN(CC4CC4)CC3)c3nc4cc(Cl)c(Cl)cc4[nH]3)cc2)cc1. The van der Waals surface area contributed by atoms with Crippen LogP contribution in [0.25, 0.3) is 116 Å². The van der Waals surface area contributed by atoms with E-state index < -0.39 is 0 Å². The first-order valence-corrected chi connectivity index (χ1v) is 53.5. The molecule has 730 valence electrons. The fraction of sp³-hybridized carbons (Fsp3) is 0.292. The molecule has 11 aromatic carbocycles. The number of aldehydes is 1. The number of pyridine rings is 1. The molecule has 0 unspecified atom stereocenters. The van der Waals surface area contributed by atoms with Gasteiger partial charge in [0.2, 0.25) is 0 Å². The normalized spacial score (nSPS) is 16.5. The molecule has 0 spiro atoms. The molecule has 4 N–H and O–H groups in total. The van der Waals surface area contributed by atoms with Gasteiger partial charge in [-0.25, -0.2) is 24.8 Å². The molecule has 144 heavy (non-hydrogen) atoms. The predicted molar refractivity (Wildman–Crippen MR) is 596 cm³/mol. The van der Waals surface area contributed by atoms with Gasteiger partial charge in [0.1, 0.15) is 29.6 Å². The third-order valence-corrected chi connectivity index (χ3v) is 32.2. The van der Waals surface area contributed by atoms with E-state index >= 15 is 0 Å². The highest BCUT2D eigenvalue weighted by atomic mass is 35.5. The second kappa shape index (κ2) is 44.6. The summed E-state index contributed by atoms with van der Waals surface area (Å²) in [5, 5.41) is 4.19. The number of imidazole rings is 4. The molecule has 9 heterocycles. The zero-order chi connectivity index (χ0) is 98.6. The maximum absolute atomic E-state index is 11.2. The van der Waals surface area contributed by atoms with Crippen molar-refractivity contribution >= 4 is 171 Å². The smallest absolute Gasteiger partial charge is 0.187 e. The van der Waals surface area contributed by atoms with Gasteiger partial charge < -0.3 is 44.4 Å². The Morgan fingerprint density at radius 2 is 0.618 bits per heavy atom. The molecule has 0 bridgehead atoms. The van der Waals surface area contributed by atoms with Gasteiger partial charge in [0.25, 0.3) is 0 Å². The number of hydrogen-bond acceptors (Lipinski definition) is 11. The molecule has 4 saturated carbocycles. The molecule has 24 heteroatoms. The number of piperidine rings is 4. The number of benzene rings is 11. The van der Waals surface area contributed by atoms with E-state index in [0.29, 0.717) is 51.4 Å². The van der Waals surface area contributed by atoms with Crippen LogP contribution in [0.1, 0.15) is 164 Å². The number of aromatic amines is 4. The zero-order valence-corrected chi connectivity index (χ0v) is 86.9. The summed E-state index contributed by atoms with van der Waals surface area (Å²) in [5.41, 5.74) is 33.8. The number of aromatic nitrogens is 9. The van der Waals surface area contributed by atoms with E-state index in [9.17, 15) is 4.79 Å². The van der Waals surface area contributed by atoms with Gasteiger partial charge in [0.05, 0.1) is 90.9 Å². The summed E-state index contributed by atoms with van der Waals surface area (Å²) >= 11 is 50.3. The Balaban J connectivity index is 0.000000113. The molecule has 0 atom stereocenters. The highest BCUT2D eigenvalue weighted by Crippen LogP contribution is 2.45. The molecular formula is C120H113Cl8N15O. The Bertz CT molecular complexity index is 7390. The van der Waals surface area contributed by atoms with Gasteiger partial charge in [-0.05, 0) is 280 Å². The number of carbonyl (C=O) groups excluding carboxylic acids is 1. The lowest BCUT2D eigenvalue weighted by atomic mass is 9.91. The fourth-order valence-corrected chi connectivity index (χ4v) is 22.1. The molecule has 4 aliphatic carbocycles. The standard InChI is InChI=1S/C32H34Cl2N4.C30H26Cl2N4.C30H27Cl2N3O.C28H26Cl2N4/c1-37(2)19-22-4-3-5-26(16-22)23-8-10-24(11-9-23)31(25-12-14-38(15-13-25)20-21-6-7-21)32-35-29-17-27(33)28(34)18-30(29)36-32;1-33-24-10-8-21(9-11-24)20-4-6-22(7-5-20)29(23-12-14-36(15-13-23)18-19-2-3-19)30-34-27-16-25(31)26(32)17-28(27)35-30;31-25-15-27-28(16-26(25)32)34-30(33-27)29(23-10-12-35(13-11-23)17-19-4-5-19)22-8-6-21(7-9-22)24-3-1-2-20(14-24)18-36;29-23-14-25-26(15-24(23)30)33-28(32-25)27(21-9-12-34(13-10-21)17-18-3-4-18)20-7-5-19(6-8-20)22-2-1-11-31-16-22/h3-5,8-11,16-18,21H,6-7,12-15,19-20H2,1-2H3,(H,35,36);4-11,16-17,19H,2-3,12-15,18H2,(H,34,35);1-3,6-9,14-16,18-19H,4-5,10-13,17H2,(H,33,34);1-2,5-8,11,14-16,18H,3-4,9-10,12-13,17H2,(H,32,33). The van der Waals surface area contributed by atoms with Crippen molar-refractivity contribution in [1.29, 1.82) is 0 Å². The van der Waals surface area contributed by atoms with Crippen molar-refractivity contribution in [2.45, 2.75) is 109 Å². The number of carbonyl (C=O) groups is 1. The van der Waals surface area contributed by atoms with Crippen molar-refractivity contribution in [3.63, 3.8) is 0 Å². The molecular weight excluding hydrogens is 1950 g/mol. The number of fused-ring (bicyclic) bond motifs is 4. The number of H-pyrrole nitrogens is 4. The average Bonchev–Trinajstić information content (AvgIpc) is 1.65. The second-order valence-electron chi connectivity index (χ2n) is 40.3. The summed E-state index contributed by atoms with van der Waals surface area (Å²) in [5.74, 6) is 7.16. The molecule has 24 rings (SSSR count). The molecule has 16 nitrogen and oxygen atoms in total. The van der Waals surface area contributed by atoms with Crippen LogP contribution < -0.4 is 0 Å². The fourth-order valence-electron chi connectivity index (χ4n) is 20.8. The maximum Gasteiger partial charge on any atom is 0.187 e. The van der Waals surface area contributed by atoms with Crippen LogP contribution in [0, 0.1) is 30.2 Å². The van der Waals surface area contributed by atoms with Gasteiger partial charge >= 0.3 is 0 Å². The third kappa shape index (κ3) is 24.0. The Morgan fingerprint density at radius 3 is 0.903 bits per heavy atom. The molecule has 8 fully saturated rings.